The van der Waals surface area contributed by atoms with E-state index in [1.165, 1.54) is 16.7 Å². The zero-order valence-corrected chi connectivity index (χ0v) is 20.2. The largest absolute Gasteiger partial charge is 0.427 e. The maximum atomic E-state index is 12.7. The van der Waals surface area contributed by atoms with Gasteiger partial charge in [0, 0.05) is 15.0 Å². The second-order valence-electron chi connectivity index (χ2n) is 8.80. The Morgan fingerprint density at radius 2 is 1.87 bits per heavy atom. The van der Waals surface area contributed by atoms with Gasteiger partial charge >= 0.3 is 11.9 Å². The molecular formula is C19H24N2O7S3. The lowest BCUT2D eigenvalue weighted by Crippen LogP contribution is -2.70. The summed E-state index contributed by atoms with van der Waals surface area (Å²) in [7, 11) is 0. The van der Waals surface area contributed by atoms with Crippen LogP contribution in [0, 0.1) is 5.41 Å². The van der Waals surface area contributed by atoms with Gasteiger partial charge in [0.2, 0.25) is 18.6 Å². The average Bonchev–Trinajstić information content (AvgIpc) is 3.16. The lowest BCUT2D eigenvalue weighted by atomic mass is 9.96. The quantitative estimate of drug-likeness (QED) is 0.362. The Kier molecular flexibility index (Phi) is 6.55. The van der Waals surface area contributed by atoms with E-state index in [-0.39, 0.29) is 22.3 Å². The molecule has 0 aromatic carbocycles. The molecule has 1 aromatic rings. The number of hydrogen-bond acceptors (Lipinski definition) is 10. The van der Waals surface area contributed by atoms with Crippen molar-refractivity contribution in [3.05, 3.63) is 19.1 Å². The van der Waals surface area contributed by atoms with Gasteiger partial charge in [-0.15, -0.1) is 11.8 Å². The van der Waals surface area contributed by atoms with Gasteiger partial charge in [-0.2, -0.15) is 0 Å². The molecule has 2 fully saturated rings. The van der Waals surface area contributed by atoms with E-state index < -0.39 is 46.4 Å². The number of thioether (sulfide) groups is 1. The zero-order valence-electron chi connectivity index (χ0n) is 17.8. The van der Waals surface area contributed by atoms with Crippen molar-refractivity contribution in [1.82, 2.24) is 10.2 Å². The fourth-order valence-electron chi connectivity index (χ4n) is 3.29. The molecule has 0 aliphatic carbocycles. The van der Waals surface area contributed by atoms with Gasteiger partial charge in [-0.25, -0.2) is 4.79 Å². The van der Waals surface area contributed by atoms with E-state index in [1.807, 2.05) is 13.8 Å². The molecule has 2 amide bonds. The van der Waals surface area contributed by atoms with Crippen LogP contribution < -0.4 is 9.37 Å². The summed E-state index contributed by atoms with van der Waals surface area (Å²) >= 11 is 3.44. The highest BCUT2D eigenvalue weighted by atomic mass is 32.2. The maximum absolute atomic E-state index is 12.7. The molecule has 2 aliphatic heterocycles. The highest BCUT2D eigenvalue weighted by molar-refractivity contribution is 8.01. The van der Waals surface area contributed by atoms with Crippen molar-refractivity contribution in [3.63, 3.8) is 0 Å². The molecule has 170 valence electrons. The summed E-state index contributed by atoms with van der Waals surface area (Å²) in [6.07, 6.45) is 0.0264. The highest BCUT2D eigenvalue weighted by Crippen LogP contribution is 2.51. The van der Waals surface area contributed by atoms with Gasteiger partial charge in [-0.3, -0.25) is 19.2 Å². The summed E-state index contributed by atoms with van der Waals surface area (Å²) in [6.45, 7) is 8.16. The minimum atomic E-state index is -0.862. The van der Waals surface area contributed by atoms with E-state index in [9.17, 15) is 24.0 Å². The van der Waals surface area contributed by atoms with Crippen molar-refractivity contribution in [2.24, 2.45) is 5.41 Å². The predicted octanol–water partition coefficient (Wildman–Crippen LogP) is 1.35. The molecule has 0 radical (unpaired) electrons. The van der Waals surface area contributed by atoms with Gasteiger partial charge in [0.15, 0.2) is 0 Å². The first-order valence-corrected chi connectivity index (χ1v) is 12.1. The van der Waals surface area contributed by atoms with Crippen molar-refractivity contribution in [3.8, 4) is 0 Å². The lowest BCUT2D eigenvalue weighted by Gasteiger charge is -2.43. The van der Waals surface area contributed by atoms with Gasteiger partial charge in [0.05, 0.1) is 11.8 Å². The first-order chi connectivity index (χ1) is 14.3. The van der Waals surface area contributed by atoms with Crippen LogP contribution in [0.4, 0.5) is 0 Å². The Balaban J connectivity index is 1.58. The second kappa shape index (κ2) is 8.55. The van der Waals surface area contributed by atoms with E-state index in [1.54, 1.807) is 26.2 Å². The molecule has 9 nitrogen and oxygen atoms in total. The van der Waals surface area contributed by atoms with Crippen LogP contribution in [0.2, 0.25) is 0 Å². The number of carbonyl (C=O) groups excluding carboxylic acids is 4. The van der Waals surface area contributed by atoms with Gasteiger partial charge in [-0.05, 0) is 34.6 Å². The fraction of sp³-hybridized carbons (Fsp3) is 0.632. The summed E-state index contributed by atoms with van der Waals surface area (Å²) in [5.74, 6) is -1.89. The monoisotopic (exact) mass is 488 g/mol. The predicted molar refractivity (Wildman–Crippen MR) is 117 cm³/mol. The third-order valence-electron chi connectivity index (χ3n) is 4.82. The molecule has 1 N–H and O–H groups in total. The van der Waals surface area contributed by atoms with Crippen LogP contribution in [0.25, 0.3) is 0 Å². The zero-order chi connectivity index (χ0) is 23.1. The molecule has 3 atom stereocenters. The molecule has 2 aliphatic rings. The Morgan fingerprint density at radius 3 is 2.45 bits per heavy atom. The SMILES string of the molecule is CC(C)(C)C(=O)OCOC(=O)C1N2C(=O)C(NC(=O)Cc3csc(=O)s3)C2SC1(C)C. The van der Waals surface area contributed by atoms with Crippen LogP contribution in [0.1, 0.15) is 39.5 Å². The number of β-lactam (4-membered cyclic amide) rings is 1. The van der Waals surface area contributed by atoms with Crippen molar-refractivity contribution < 1.29 is 28.7 Å². The third kappa shape index (κ3) is 4.96. The first-order valence-electron chi connectivity index (χ1n) is 9.52. The van der Waals surface area contributed by atoms with E-state index in [2.05, 4.69) is 5.32 Å². The summed E-state index contributed by atoms with van der Waals surface area (Å²) in [6, 6.07) is -1.61. The van der Waals surface area contributed by atoms with Crippen LogP contribution in [-0.4, -0.2) is 57.7 Å². The van der Waals surface area contributed by atoms with Crippen LogP contribution in [0.5, 0.6) is 0 Å². The summed E-state index contributed by atoms with van der Waals surface area (Å²) in [4.78, 5) is 62.8. The topological polar surface area (TPSA) is 119 Å². The van der Waals surface area contributed by atoms with E-state index in [4.69, 9.17) is 9.47 Å². The Morgan fingerprint density at radius 1 is 1.19 bits per heavy atom. The summed E-state index contributed by atoms with van der Waals surface area (Å²) in [5, 5.41) is 3.94. The fourth-order valence-corrected chi connectivity index (χ4v) is 6.64. The van der Waals surface area contributed by atoms with Crippen LogP contribution in [0.15, 0.2) is 10.2 Å². The minimum absolute atomic E-state index is 0.0264. The number of rotatable bonds is 6. The van der Waals surface area contributed by atoms with Gasteiger partial charge in [-0.1, -0.05) is 22.7 Å². The highest BCUT2D eigenvalue weighted by Gasteiger charge is 2.64. The number of hydrogen-bond donors (Lipinski definition) is 1. The molecule has 31 heavy (non-hydrogen) atoms. The number of nitrogens with one attached hydrogen (secondary N) is 1. The van der Waals surface area contributed by atoms with Gasteiger partial charge < -0.3 is 19.7 Å². The van der Waals surface area contributed by atoms with Gasteiger partial charge in [0.1, 0.15) is 17.5 Å². The number of esters is 2. The van der Waals surface area contributed by atoms with Crippen LogP contribution >= 0.6 is 34.4 Å². The molecule has 0 spiro atoms. The number of amides is 2. The number of fused-ring (bicyclic) bond motifs is 1. The number of nitrogens with zero attached hydrogens (tertiary/aromatic N) is 1. The maximum Gasteiger partial charge on any atom is 0.333 e. The van der Waals surface area contributed by atoms with E-state index in [0.29, 0.717) is 4.88 Å². The Hall–Kier alpha value is -1.92. The average molecular weight is 489 g/mol. The molecule has 0 saturated carbocycles. The standard InChI is InChI=1S/C19H24N2O7S3/c1-18(2,3)16(25)28-8-27-15(24)12-19(4,5)31-14-11(13(23)21(12)14)20-10(22)6-9-7-29-17(26)30-9/h7,11-12,14H,6,8H2,1-5H3,(H,20,22). The Bertz CT molecular complexity index is 962. The summed E-state index contributed by atoms with van der Waals surface area (Å²) < 4.78 is 9.35. The van der Waals surface area contributed by atoms with E-state index >= 15 is 0 Å². The second-order valence-corrected chi connectivity index (χ2v) is 12.8. The molecule has 1 aromatic heterocycles. The minimum Gasteiger partial charge on any atom is -0.427 e. The first kappa shape index (κ1) is 23.7. The van der Waals surface area contributed by atoms with E-state index in [0.717, 1.165) is 22.7 Å². The molecule has 2 saturated heterocycles. The number of carbonyl (C=O) groups is 4. The summed E-state index contributed by atoms with van der Waals surface area (Å²) in [5.41, 5.74) is -0.724. The van der Waals surface area contributed by atoms with Crippen molar-refractivity contribution in [2.45, 2.75) is 63.2 Å². The smallest absolute Gasteiger partial charge is 0.333 e. The van der Waals surface area contributed by atoms with Crippen molar-refractivity contribution in [2.75, 3.05) is 6.79 Å². The molecule has 3 rings (SSSR count). The lowest BCUT2D eigenvalue weighted by molar-refractivity contribution is -0.180. The van der Waals surface area contributed by atoms with Crippen molar-refractivity contribution in [1.29, 1.82) is 0 Å². The molecule has 0 bridgehead atoms. The molecule has 3 heterocycles. The van der Waals surface area contributed by atoms with Crippen LogP contribution in [-0.2, 0) is 35.1 Å². The normalized spacial score (nSPS) is 24.2. The molecule has 3 unspecified atom stereocenters. The number of ether oxygens (including phenoxy) is 2. The molecule has 12 heteroatoms. The molecular weight excluding hydrogens is 464 g/mol. The van der Waals surface area contributed by atoms with Gasteiger partial charge in [0.25, 0.3) is 4.06 Å². The van der Waals surface area contributed by atoms with Crippen LogP contribution in [0.3, 0.4) is 0 Å². The Labute approximate surface area is 191 Å². The third-order valence-corrected chi connectivity index (χ3v) is 8.37. The van der Waals surface area contributed by atoms with Crippen molar-refractivity contribution >= 4 is 58.2 Å².